The van der Waals surface area contributed by atoms with Gasteiger partial charge < -0.3 is 9.47 Å². The first-order valence-electron chi connectivity index (χ1n) is 7.89. The summed E-state index contributed by atoms with van der Waals surface area (Å²) in [5.41, 5.74) is 1.46. The Morgan fingerprint density at radius 3 is 2.80 bits per heavy atom. The summed E-state index contributed by atoms with van der Waals surface area (Å²) in [6.45, 7) is 3.61. The first-order chi connectivity index (χ1) is 9.92. The van der Waals surface area contributed by atoms with Crippen LogP contribution in [0.5, 0.6) is 0 Å². The van der Waals surface area contributed by atoms with Crippen molar-refractivity contribution in [2.45, 2.75) is 44.2 Å². The molecule has 0 spiro atoms. The van der Waals surface area contributed by atoms with Gasteiger partial charge in [-0.15, -0.1) is 0 Å². The predicted octanol–water partition coefficient (Wildman–Crippen LogP) is 2.85. The summed E-state index contributed by atoms with van der Waals surface area (Å²) in [6, 6.07) is 11.6. The van der Waals surface area contributed by atoms with Crippen LogP contribution >= 0.6 is 0 Å². The number of ether oxygens (including phenoxy) is 2. The van der Waals surface area contributed by atoms with E-state index in [2.05, 4.69) is 35.2 Å². The summed E-state index contributed by atoms with van der Waals surface area (Å²) in [6.07, 6.45) is 6.58. The molecular formula is C17H25NO2. The van der Waals surface area contributed by atoms with Gasteiger partial charge in [-0.1, -0.05) is 36.8 Å². The highest BCUT2D eigenvalue weighted by atomic mass is 16.7. The van der Waals surface area contributed by atoms with Gasteiger partial charge in [-0.3, -0.25) is 4.90 Å². The SMILES string of the molecule is c1ccc(C[C@@H]2CCCCN2C[C@H]2CCOCO2)cc1. The molecule has 0 radical (unpaired) electrons. The quantitative estimate of drug-likeness (QED) is 0.843. The van der Waals surface area contributed by atoms with Gasteiger partial charge in [0.15, 0.2) is 0 Å². The van der Waals surface area contributed by atoms with E-state index < -0.39 is 0 Å². The van der Waals surface area contributed by atoms with Gasteiger partial charge >= 0.3 is 0 Å². The fraction of sp³-hybridized carbons (Fsp3) is 0.647. The lowest BCUT2D eigenvalue weighted by atomic mass is 9.95. The molecule has 0 unspecified atom stereocenters. The zero-order valence-corrected chi connectivity index (χ0v) is 12.2. The Labute approximate surface area is 121 Å². The van der Waals surface area contributed by atoms with Crippen LogP contribution in [0.15, 0.2) is 30.3 Å². The molecule has 20 heavy (non-hydrogen) atoms. The Hall–Kier alpha value is -0.900. The molecule has 1 aromatic carbocycles. The molecule has 2 atom stereocenters. The van der Waals surface area contributed by atoms with Crippen LogP contribution in [0.2, 0.25) is 0 Å². The highest BCUT2D eigenvalue weighted by molar-refractivity contribution is 5.16. The van der Waals surface area contributed by atoms with E-state index in [1.54, 1.807) is 0 Å². The summed E-state index contributed by atoms with van der Waals surface area (Å²) in [4.78, 5) is 2.65. The van der Waals surface area contributed by atoms with Crippen LogP contribution in [0.3, 0.4) is 0 Å². The third-order valence-corrected chi connectivity index (χ3v) is 4.47. The summed E-state index contributed by atoms with van der Waals surface area (Å²) in [5.74, 6) is 0. The molecule has 3 heteroatoms. The summed E-state index contributed by atoms with van der Waals surface area (Å²) in [7, 11) is 0. The molecule has 0 aliphatic carbocycles. The summed E-state index contributed by atoms with van der Waals surface area (Å²) >= 11 is 0. The van der Waals surface area contributed by atoms with Crippen LogP contribution in [0.25, 0.3) is 0 Å². The van der Waals surface area contributed by atoms with E-state index in [0.717, 1.165) is 19.6 Å². The number of benzene rings is 1. The van der Waals surface area contributed by atoms with Crippen molar-refractivity contribution in [1.29, 1.82) is 0 Å². The largest absolute Gasteiger partial charge is 0.355 e. The number of likely N-dealkylation sites (tertiary alicyclic amines) is 1. The lowest BCUT2D eigenvalue weighted by Crippen LogP contribution is -2.46. The Bertz CT molecular complexity index is 389. The molecule has 2 saturated heterocycles. The summed E-state index contributed by atoms with van der Waals surface area (Å²) < 4.78 is 11.0. The molecule has 110 valence electrons. The molecule has 2 heterocycles. The third kappa shape index (κ3) is 3.81. The maximum Gasteiger partial charge on any atom is 0.147 e. The first-order valence-corrected chi connectivity index (χ1v) is 7.89. The number of hydrogen-bond donors (Lipinski definition) is 0. The first kappa shape index (κ1) is 14.1. The van der Waals surface area contributed by atoms with E-state index in [4.69, 9.17) is 9.47 Å². The van der Waals surface area contributed by atoms with Crippen LogP contribution in [-0.2, 0) is 15.9 Å². The van der Waals surface area contributed by atoms with E-state index in [-0.39, 0.29) is 0 Å². The Balaban J connectivity index is 1.58. The molecule has 1 aromatic rings. The molecule has 2 aliphatic rings. The smallest absolute Gasteiger partial charge is 0.147 e. The van der Waals surface area contributed by atoms with E-state index >= 15 is 0 Å². The van der Waals surface area contributed by atoms with Crippen molar-refractivity contribution < 1.29 is 9.47 Å². The number of hydrogen-bond acceptors (Lipinski definition) is 3. The Morgan fingerprint density at radius 2 is 2.00 bits per heavy atom. The number of piperidine rings is 1. The molecule has 0 bridgehead atoms. The van der Waals surface area contributed by atoms with Crippen LogP contribution < -0.4 is 0 Å². The van der Waals surface area contributed by atoms with Crippen molar-refractivity contribution in [3.63, 3.8) is 0 Å². The van der Waals surface area contributed by atoms with Gasteiger partial charge in [-0.25, -0.2) is 0 Å². The topological polar surface area (TPSA) is 21.7 Å². The molecule has 0 aromatic heterocycles. The highest BCUT2D eigenvalue weighted by Gasteiger charge is 2.26. The van der Waals surface area contributed by atoms with Crippen molar-refractivity contribution in [3.8, 4) is 0 Å². The Morgan fingerprint density at radius 1 is 1.10 bits per heavy atom. The van der Waals surface area contributed by atoms with Crippen LogP contribution in [0, 0.1) is 0 Å². The summed E-state index contributed by atoms with van der Waals surface area (Å²) in [5, 5.41) is 0. The zero-order valence-electron chi connectivity index (χ0n) is 12.2. The Kier molecular flexibility index (Phi) is 5.06. The van der Waals surface area contributed by atoms with Gasteiger partial charge in [0.05, 0.1) is 12.7 Å². The van der Waals surface area contributed by atoms with Gasteiger partial charge in [0.2, 0.25) is 0 Å². The van der Waals surface area contributed by atoms with Crippen LogP contribution in [0.4, 0.5) is 0 Å². The fourth-order valence-corrected chi connectivity index (χ4v) is 3.32. The second-order valence-electron chi connectivity index (χ2n) is 5.94. The van der Waals surface area contributed by atoms with E-state index in [1.165, 1.54) is 37.8 Å². The minimum atomic E-state index is 0.361. The lowest BCUT2D eigenvalue weighted by molar-refractivity contribution is -0.147. The molecule has 0 saturated carbocycles. The monoisotopic (exact) mass is 275 g/mol. The maximum atomic E-state index is 5.72. The maximum absolute atomic E-state index is 5.72. The standard InChI is InChI=1S/C17H25NO2/c1-2-6-15(7-3-1)12-16-8-4-5-10-18(16)13-17-9-11-19-14-20-17/h1-3,6-7,16-17H,4-5,8-14H2/t16-,17+/m0/s1. The normalized spacial score (nSPS) is 28.4. The number of rotatable bonds is 4. The van der Waals surface area contributed by atoms with Crippen LogP contribution in [-0.4, -0.2) is 43.5 Å². The predicted molar refractivity (Wildman–Crippen MR) is 79.7 cm³/mol. The number of nitrogens with zero attached hydrogens (tertiary/aromatic N) is 1. The van der Waals surface area contributed by atoms with Gasteiger partial charge in [0.25, 0.3) is 0 Å². The minimum absolute atomic E-state index is 0.361. The molecule has 2 aliphatic heterocycles. The molecule has 3 rings (SSSR count). The van der Waals surface area contributed by atoms with Crippen molar-refractivity contribution in [3.05, 3.63) is 35.9 Å². The average Bonchev–Trinajstić information content (AvgIpc) is 2.51. The second kappa shape index (κ2) is 7.21. The van der Waals surface area contributed by atoms with Crippen molar-refractivity contribution >= 4 is 0 Å². The third-order valence-electron chi connectivity index (χ3n) is 4.47. The fourth-order valence-electron chi connectivity index (χ4n) is 3.32. The van der Waals surface area contributed by atoms with E-state index in [1.807, 2.05) is 0 Å². The molecule has 0 N–H and O–H groups in total. The molecule has 3 nitrogen and oxygen atoms in total. The van der Waals surface area contributed by atoms with Gasteiger partial charge in [-0.2, -0.15) is 0 Å². The van der Waals surface area contributed by atoms with Crippen molar-refractivity contribution in [1.82, 2.24) is 4.90 Å². The molecule has 2 fully saturated rings. The highest BCUT2D eigenvalue weighted by Crippen LogP contribution is 2.22. The van der Waals surface area contributed by atoms with Gasteiger partial charge in [0.1, 0.15) is 6.79 Å². The van der Waals surface area contributed by atoms with Crippen molar-refractivity contribution in [2.24, 2.45) is 0 Å². The van der Waals surface area contributed by atoms with Gasteiger partial charge in [-0.05, 0) is 37.8 Å². The zero-order chi connectivity index (χ0) is 13.6. The lowest BCUT2D eigenvalue weighted by Gasteiger charge is -2.38. The minimum Gasteiger partial charge on any atom is -0.355 e. The van der Waals surface area contributed by atoms with Crippen LogP contribution in [0.1, 0.15) is 31.2 Å². The van der Waals surface area contributed by atoms with E-state index in [0.29, 0.717) is 18.9 Å². The van der Waals surface area contributed by atoms with Gasteiger partial charge in [0, 0.05) is 12.6 Å². The molecular weight excluding hydrogens is 250 g/mol. The molecule has 0 amide bonds. The van der Waals surface area contributed by atoms with E-state index in [9.17, 15) is 0 Å². The second-order valence-corrected chi connectivity index (χ2v) is 5.94. The average molecular weight is 275 g/mol. The van der Waals surface area contributed by atoms with Crippen molar-refractivity contribution in [2.75, 3.05) is 26.5 Å².